The first-order valence-corrected chi connectivity index (χ1v) is 5.95. The smallest absolute Gasteiger partial charge is 0.336 e. The number of nitrogens with zero attached hydrogens (tertiary/aromatic N) is 1. The number of carbonyl (C=O) groups excluding carboxylic acids is 1. The van der Waals surface area contributed by atoms with Crippen molar-refractivity contribution in [3.05, 3.63) is 35.5 Å². The third kappa shape index (κ3) is 2.37. The zero-order valence-electron chi connectivity index (χ0n) is 10.9. The number of benzene rings is 1. The molecular formula is C14H14F3NO. The van der Waals surface area contributed by atoms with Gasteiger partial charge in [0, 0.05) is 23.9 Å². The van der Waals surface area contributed by atoms with Crippen LogP contribution in [0.4, 0.5) is 13.2 Å². The van der Waals surface area contributed by atoms with E-state index in [4.69, 9.17) is 0 Å². The van der Waals surface area contributed by atoms with Gasteiger partial charge in [-0.2, -0.15) is 13.2 Å². The van der Waals surface area contributed by atoms with E-state index in [1.165, 1.54) is 13.0 Å². The van der Waals surface area contributed by atoms with E-state index in [0.29, 0.717) is 16.6 Å². The Kier molecular flexibility index (Phi) is 3.16. The van der Waals surface area contributed by atoms with E-state index in [9.17, 15) is 18.0 Å². The third-order valence-corrected chi connectivity index (χ3v) is 3.05. The van der Waals surface area contributed by atoms with Crippen LogP contribution in [0, 0.1) is 0 Å². The van der Waals surface area contributed by atoms with Gasteiger partial charge < -0.3 is 4.57 Å². The Hall–Kier alpha value is -1.78. The fourth-order valence-corrected chi connectivity index (χ4v) is 2.22. The monoisotopic (exact) mass is 269 g/mol. The molecule has 2 aromatic rings. The zero-order chi connectivity index (χ0) is 14.4. The molecule has 2 nitrogen and oxygen atoms in total. The molecule has 0 atom stereocenters. The molecule has 0 aliphatic heterocycles. The summed E-state index contributed by atoms with van der Waals surface area (Å²) in [5.41, 5.74) is 0.175. The van der Waals surface area contributed by atoms with Crippen molar-refractivity contribution in [2.75, 3.05) is 0 Å². The Morgan fingerprint density at radius 2 is 1.84 bits per heavy atom. The second kappa shape index (κ2) is 4.40. The largest absolute Gasteiger partial charge is 0.416 e. The van der Waals surface area contributed by atoms with Crippen molar-refractivity contribution >= 4 is 16.7 Å². The summed E-state index contributed by atoms with van der Waals surface area (Å²) in [5, 5.41) is 0.645. The Balaban J connectivity index is 2.77. The molecule has 0 N–H and O–H groups in total. The van der Waals surface area contributed by atoms with E-state index < -0.39 is 11.7 Å². The van der Waals surface area contributed by atoms with E-state index in [0.717, 1.165) is 12.1 Å². The fourth-order valence-electron chi connectivity index (χ4n) is 2.22. The standard InChI is InChI=1S/C14H14F3NO/c1-8(2)18-12(9(3)19)6-10-4-5-11(7-13(10)18)14(15,16)17/h4-8H,1-3H3. The van der Waals surface area contributed by atoms with E-state index >= 15 is 0 Å². The van der Waals surface area contributed by atoms with Gasteiger partial charge >= 0.3 is 6.18 Å². The van der Waals surface area contributed by atoms with Crippen LogP contribution in [-0.2, 0) is 6.18 Å². The number of hydrogen-bond donors (Lipinski definition) is 0. The molecule has 0 fully saturated rings. The summed E-state index contributed by atoms with van der Waals surface area (Å²) < 4.78 is 39.9. The molecule has 1 aromatic heterocycles. The van der Waals surface area contributed by atoms with E-state index in [2.05, 4.69) is 0 Å². The molecule has 0 aliphatic carbocycles. The Morgan fingerprint density at radius 1 is 1.21 bits per heavy atom. The molecule has 0 saturated heterocycles. The number of ketones is 1. The predicted molar refractivity (Wildman–Crippen MR) is 67.3 cm³/mol. The summed E-state index contributed by atoms with van der Waals surface area (Å²) in [6.45, 7) is 5.09. The zero-order valence-corrected chi connectivity index (χ0v) is 10.9. The maximum atomic E-state index is 12.7. The second-order valence-electron chi connectivity index (χ2n) is 4.82. The van der Waals surface area contributed by atoms with Crippen LogP contribution in [0.15, 0.2) is 24.3 Å². The molecule has 0 bridgehead atoms. The Labute approximate surface area is 108 Å². The van der Waals surface area contributed by atoms with Crippen LogP contribution in [-0.4, -0.2) is 10.4 Å². The lowest BCUT2D eigenvalue weighted by Crippen LogP contribution is -2.09. The predicted octanol–water partition coefficient (Wildman–Crippen LogP) is 4.44. The highest BCUT2D eigenvalue weighted by molar-refractivity contribution is 5.99. The number of carbonyl (C=O) groups is 1. The molecule has 0 amide bonds. The van der Waals surface area contributed by atoms with Gasteiger partial charge in [0.1, 0.15) is 0 Å². The number of rotatable bonds is 2. The second-order valence-corrected chi connectivity index (χ2v) is 4.82. The maximum Gasteiger partial charge on any atom is 0.416 e. The molecule has 19 heavy (non-hydrogen) atoms. The van der Waals surface area contributed by atoms with Crippen molar-refractivity contribution in [2.24, 2.45) is 0 Å². The van der Waals surface area contributed by atoms with Crippen LogP contribution in [0.3, 0.4) is 0 Å². The third-order valence-electron chi connectivity index (χ3n) is 3.05. The van der Waals surface area contributed by atoms with Gasteiger partial charge in [0.2, 0.25) is 0 Å². The lowest BCUT2D eigenvalue weighted by molar-refractivity contribution is -0.137. The van der Waals surface area contributed by atoms with Gasteiger partial charge in [-0.3, -0.25) is 4.79 Å². The van der Waals surface area contributed by atoms with Gasteiger partial charge in [-0.05, 0) is 32.0 Å². The van der Waals surface area contributed by atoms with Crippen molar-refractivity contribution in [2.45, 2.75) is 33.0 Å². The first-order valence-electron chi connectivity index (χ1n) is 5.95. The van der Waals surface area contributed by atoms with Crippen LogP contribution < -0.4 is 0 Å². The van der Waals surface area contributed by atoms with Crippen molar-refractivity contribution in [3.8, 4) is 0 Å². The van der Waals surface area contributed by atoms with Crippen LogP contribution in [0.5, 0.6) is 0 Å². The van der Waals surface area contributed by atoms with Gasteiger partial charge in [-0.25, -0.2) is 0 Å². The van der Waals surface area contributed by atoms with Crippen LogP contribution in [0.1, 0.15) is 42.9 Å². The highest BCUT2D eigenvalue weighted by Gasteiger charge is 2.31. The topological polar surface area (TPSA) is 22.0 Å². The summed E-state index contributed by atoms with van der Waals surface area (Å²) >= 11 is 0. The first-order chi connectivity index (χ1) is 8.71. The number of hydrogen-bond acceptors (Lipinski definition) is 1. The SMILES string of the molecule is CC(=O)c1cc2ccc(C(F)(F)F)cc2n1C(C)C. The minimum atomic E-state index is -4.38. The minimum absolute atomic E-state index is 0.0834. The first kappa shape index (κ1) is 13.6. The summed E-state index contributed by atoms with van der Waals surface area (Å²) in [5.74, 6) is -0.154. The average molecular weight is 269 g/mol. The summed E-state index contributed by atoms with van der Waals surface area (Å²) in [6.07, 6.45) is -4.38. The van der Waals surface area contributed by atoms with Gasteiger partial charge in [0.15, 0.2) is 5.78 Å². The molecule has 2 rings (SSSR count). The highest BCUT2D eigenvalue weighted by Crippen LogP contribution is 2.33. The van der Waals surface area contributed by atoms with Gasteiger partial charge in [-0.15, -0.1) is 0 Å². The van der Waals surface area contributed by atoms with Gasteiger partial charge in [0.25, 0.3) is 0 Å². The number of alkyl halides is 3. The van der Waals surface area contributed by atoms with Gasteiger partial charge in [0.05, 0.1) is 11.3 Å². The Morgan fingerprint density at radius 3 is 2.32 bits per heavy atom. The van der Waals surface area contributed by atoms with Crippen LogP contribution >= 0.6 is 0 Å². The van der Waals surface area contributed by atoms with Crippen LogP contribution in [0.2, 0.25) is 0 Å². The summed E-state index contributed by atoms with van der Waals surface area (Å²) in [4.78, 5) is 11.6. The van der Waals surface area contributed by atoms with Crippen molar-refractivity contribution in [3.63, 3.8) is 0 Å². The number of aromatic nitrogens is 1. The van der Waals surface area contributed by atoms with E-state index in [1.807, 2.05) is 13.8 Å². The van der Waals surface area contributed by atoms with Crippen LogP contribution in [0.25, 0.3) is 10.9 Å². The highest BCUT2D eigenvalue weighted by atomic mass is 19.4. The molecule has 0 aliphatic rings. The quantitative estimate of drug-likeness (QED) is 0.738. The summed E-state index contributed by atoms with van der Waals surface area (Å²) in [7, 11) is 0. The molecule has 0 unspecified atom stereocenters. The molecule has 0 saturated carbocycles. The Bertz CT molecular complexity index is 638. The molecular weight excluding hydrogens is 255 g/mol. The maximum absolute atomic E-state index is 12.7. The number of Topliss-reactive ketones (excluding diaryl/α,β-unsaturated/α-hetero) is 1. The van der Waals surface area contributed by atoms with Gasteiger partial charge in [-0.1, -0.05) is 6.07 Å². The minimum Gasteiger partial charge on any atom is -0.336 e. The molecule has 0 radical (unpaired) electrons. The summed E-state index contributed by atoms with van der Waals surface area (Å²) in [6, 6.07) is 5.10. The van der Waals surface area contributed by atoms with Crippen molar-refractivity contribution in [1.29, 1.82) is 0 Å². The molecule has 5 heteroatoms. The fraction of sp³-hybridized carbons (Fsp3) is 0.357. The number of halogens is 3. The normalized spacial score (nSPS) is 12.4. The van der Waals surface area contributed by atoms with E-state index in [1.54, 1.807) is 10.6 Å². The number of fused-ring (bicyclic) bond motifs is 1. The lowest BCUT2D eigenvalue weighted by atomic mass is 10.1. The van der Waals surface area contributed by atoms with E-state index in [-0.39, 0.29) is 11.8 Å². The molecule has 1 heterocycles. The average Bonchev–Trinajstić information content (AvgIpc) is 2.65. The van der Waals surface area contributed by atoms with Crippen molar-refractivity contribution in [1.82, 2.24) is 4.57 Å². The molecule has 102 valence electrons. The molecule has 0 spiro atoms. The molecule has 1 aromatic carbocycles. The lowest BCUT2D eigenvalue weighted by Gasteiger charge is -2.14. The van der Waals surface area contributed by atoms with Crippen molar-refractivity contribution < 1.29 is 18.0 Å².